The first-order chi connectivity index (χ1) is 12.9. The van der Waals surface area contributed by atoms with Crippen molar-refractivity contribution in [1.29, 1.82) is 0 Å². The summed E-state index contributed by atoms with van der Waals surface area (Å²) in [7, 11) is 4.21. The summed E-state index contributed by atoms with van der Waals surface area (Å²) in [5, 5.41) is 10.8. The van der Waals surface area contributed by atoms with E-state index in [1.807, 2.05) is 4.90 Å². The number of nitrogens with zero attached hydrogens (tertiary/aromatic N) is 5. The molecule has 1 aromatic rings. The average molecular weight is 375 g/mol. The van der Waals surface area contributed by atoms with Gasteiger partial charge in [-0.1, -0.05) is 0 Å². The van der Waals surface area contributed by atoms with Gasteiger partial charge in [0.2, 0.25) is 5.91 Å². The van der Waals surface area contributed by atoms with E-state index in [2.05, 4.69) is 28.8 Å². The summed E-state index contributed by atoms with van der Waals surface area (Å²) in [5.74, 6) is 0.206. The molecule has 0 saturated carbocycles. The van der Waals surface area contributed by atoms with Gasteiger partial charge < -0.3 is 14.7 Å². The van der Waals surface area contributed by atoms with Gasteiger partial charge in [0.25, 0.3) is 5.69 Å². The number of piperazine rings is 1. The standard InChI is InChI=1S/C19H29N5O3/c1-20(2)18-4-3-9-21(14-18)15-19(25)23-12-10-22(11-13-23)16-5-7-17(8-6-16)24(26)27/h5-8,18H,3-4,9-15H2,1-2H3. The van der Waals surface area contributed by atoms with E-state index in [4.69, 9.17) is 0 Å². The van der Waals surface area contributed by atoms with Crippen LogP contribution >= 0.6 is 0 Å². The number of piperidine rings is 1. The topological polar surface area (TPSA) is 73.2 Å². The number of amides is 1. The first-order valence-electron chi connectivity index (χ1n) is 9.60. The van der Waals surface area contributed by atoms with Gasteiger partial charge in [-0.3, -0.25) is 19.8 Å². The van der Waals surface area contributed by atoms with E-state index in [1.54, 1.807) is 12.1 Å². The molecule has 2 aliphatic rings. The molecule has 1 atom stereocenters. The zero-order chi connectivity index (χ0) is 19.4. The molecule has 0 radical (unpaired) electrons. The van der Waals surface area contributed by atoms with Gasteiger partial charge in [-0.2, -0.15) is 0 Å². The number of carbonyl (C=O) groups excluding carboxylic acids is 1. The van der Waals surface area contributed by atoms with Gasteiger partial charge in [0.05, 0.1) is 11.5 Å². The minimum absolute atomic E-state index is 0.102. The zero-order valence-corrected chi connectivity index (χ0v) is 16.2. The van der Waals surface area contributed by atoms with Gasteiger partial charge in [-0.15, -0.1) is 0 Å². The van der Waals surface area contributed by atoms with Crippen molar-refractivity contribution in [2.75, 3.05) is 64.8 Å². The van der Waals surface area contributed by atoms with Gasteiger partial charge in [-0.25, -0.2) is 0 Å². The van der Waals surface area contributed by atoms with Crippen molar-refractivity contribution in [3.05, 3.63) is 34.4 Å². The number of hydrogen-bond acceptors (Lipinski definition) is 6. The predicted octanol–water partition coefficient (Wildman–Crippen LogP) is 1.27. The molecule has 148 valence electrons. The van der Waals surface area contributed by atoms with Crippen LogP contribution in [0.1, 0.15) is 12.8 Å². The number of hydrogen-bond donors (Lipinski definition) is 0. The number of non-ortho nitro benzene ring substituents is 1. The summed E-state index contributed by atoms with van der Waals surface area (Å²) in [4.78, 5) is 31.7. The van der Waals surface area contributed by atoms with Crippen LogP contribution in [0.2, 0.25) is 0 Å². The van der Waals surface area contributed by atoms with Crippen LogP contribution in [-0.2, 0) is 4.79 Å². The highest BCUT2D eigenvalue weighted by molar-refractivity contribution is 5.78. The van der Waals surface area contributed by atoms with E-state index in [0.717, 1.165) is 38.3 Å². The third-order valence-electron chi connectivity index (χ3n) is 5.63. The number of nitro benzene ring substituents is 1. The smallest absolute Gasteiger partial charge is 0.269 e. The number of benzene rings is 1. The fourth-order valence-electron chi connectivity index (χ4n) is 3.89. The highest BCUT2D eigenvalue weighted by Crippen LogP contribution is 2.21. The largest absolute Gasteiger partial charge is 0.368 e. The molecule has 2 heterocycles. The average Bonchev–Trinajstić information content (AvgIpc) is 2.68. The summed E-state index contributed by atoms with van der Waals surface area (Å²) in [6.45, 7) is 5.36. The van der Waals surface area contributed by atoms with Crippen LogP contribution in [-0.4, -0.2) is 91.5 Å². The molecule has 0 bridgehead atoms. The summed E-state index contributed by atoms with van der Waals surface area (Å²) in [6, 6.07) is 7.16. The van der Waals surface area contributed by atoms with E-state index in [9.17, 15) is 14.9 Å². The Balaban J connectivity index is 1.48. The molecule has 0 N–H and O–H groups in total. The van der Waals surface area contributed by atoms with Crippen LogP contribution in [0, 0.1) is 10.1 Å². The highest BCUT2D eigenvalue weighted by Gasteiger charge is 2.26. The van der Waals surface area contributed by atoms with E-state index in [0.29, 0.717) is 25.7 Å². The molecule has 2 fully saturated rings. The van der Waals surface area contributed by atoms with Crippen LogP contribution in [0.4, 0.5) is 11.4 Å². The van der Waals surface area contributed by atoms with Crippen molar-refractivity contribution in [2.24, 2.45) is 0 Å². The second kappa shape index (κ2) is 8.67. The lowest BCUT2D eigenvalue weighted by Crippen LogP contribution is -2.53. The number of likely N-dealkylation sites (tertiary alicyclic amines) is 1. The molecule has 0 spiro atoms. The minimum atomic E-state index is -0.387. The van der Waals surface area contributed by atoms with Crippen molar-refractivity contribution >= 4 is 17.3 Å². The van der Waals surface area contributed by atoms with Crippen LogP contribution in [0.5, 0.6) is 0 Å². The molecule has 3 rings (SSSR count). The second-order valence-electron chi connectivity index (χ2n) is 7.64. The van der Waals surface area contributed by atoms with Gasteiger partial charge in [0.15, 0.2) is 0 Å². The van der Waals surface area contributed by atoms with Crippen molar-refractivity contribution < 1.29 is 9.72 Å². The van der Waals surface area contributed by atoms with Gasteiger partial charge >= 0.3 is 0 Å². The zero-order valence-electron chi connectivity index (χ0n) is 16.2. The molecule has 1 aromatic carbocycles. The number of carbonyl (C=O) groups is 1. The molecule has 1 unspecified atom stereocenters. The Morgan fingerprint density at radius 2 is 1.81 bits per heavy atom. The molecular formula is C19H29N5O3. The fraction of sp³-hybridized carbons (Fsp3) is 0.632. The van der Waals surface area contributed by atoms with Gasteiger partial charge in [-0.05, 0) is 45.6 Å². The summed E-state index contributed by atoms with van der Waals surface area (Å²) in [6.07, 6.45) is 2.34. The molecule has 0 aromatic heterocycles. The lowest BCUT2D eigenvalue weighted by Gasteiger charge is -2.39. The first-order valence-corrected chi connectivity index (χ1v) is 9.60. The van der Waals surface area contributed by atoms with E-state index in [-0.39, 0.29) is 16.5 Å². The van der Waals surface area contributed by atoms with Crippen molar-refractivity contribution in [3.8, 4) is 0 Å². The number of rotatable bonds is 5. The minimum Gasteiger partial charge on any atom is -0.368 e. The maximum Gasteiger partial charge on any atom is 0.269 e. The molecule has 2 saturated heterocycles. The molecule has 2 aliphatic heterocycles. The lowest BCUT2D eigenvalue weighted by molar-refractivity contribution is -0.384. The normalized spacial score (nSPS) is 21.5. The second-order valence-corrected chi connectivity index (χ2v) is 7.64. The maximum atomic E-state index is 12.7. The van der Waals surface area contributed by atoms with Gasteiger partial charge in [0.1, 0.15) is 0 Å². The third kappa shape index (κ3) is 4.95. The first kappa shape index (κ1) is 19.6. The summed E-state index contributed by atoms with van der Waals surface area (Å²) in [5.41, 5.74) is 1.07. The van der Waals surface area contributed by atoms with Crippen LogP contribution in [0.3, 0.4) is 0 Å². The van der Waals surface area contributed by atoms with Crippen molar-refractivity contribution in [2.45, 2.75) is 18.9 Å². The predicted molar refractivity (Wildman–Crippen MR) is 105 cm³/mol. The Kier molecular flexibility index (Phi) is 6.28. The number of nitro groups is 1. The Hall–Kier alpha value is -2.19. The molecule has 27 heavy (non-hydrogen) atoms. The summed E-state index contributed by atoms with van der Waals surface area (Å²) < 4.78 is 0. The Bertz CT molecular complexity index is 656. The van der Waals surface area contributed by atoms with Gasteiger partial charge in [0, 0.05) is 56.6 Å². The molecular weight excluding hydrogens is 346 g/mol. The van der Waals surface area contributed by atoms with E-state index in [1.165, 1.54) is 18.6 Å². The lowest BCUT2D eigenvalue weighted by atomic mass is 10.0. The van der Waals surface area contributed by atoms with Crippen LogP contribution in [0.25, 0.3) is 0 Å². The maximum absolute atomic E-state index is 12.7. The SMILES string of the molecule is CN(C)C1CCCN(CC(=O)N2CCN(c3ccc([N+](=O)[O-])cc3)CC2)C1. The Morgan fingerprint density at radius 3 is 2.41 bits per heavy atom. The molecule has 8 nitrogen and oxygen atoms in total. The highest BCUT2D eigenvalue weighted by atomic mass is 16.6. The number of likely N-dealkylation sites (N-methyl/N-ethyl adjacent to an activating group) is 1. The number of anilines is 1. The van der Waals surface area contributed by atoms with Crippen LogP contribution < -0.4 is 4.90 Å². The third-order valence-corrected chi connectivity index (χ3v) is 5.63. The summed E-state index contributed by atoms with van der Waals surface area (Å²) >= 11 is 0. The Labute approximate surface area is 160 Å². The monoisotopic (exact) mass is 375 g/mol. The van der Waals surface area contributed by atoms with Crippen molar-refractivity contribution in [3.63, 3.8) is 0 Å². The van der Waals surface area contributed by atoms with Crippen LogP contribution in [0.15, 0.2) is 24.3 Å². The van der Waals surface area contributed by atoms with E-state index < -0.39 is 0 Å². The molecule has 0 aliphatic carbocycles. The van der Waals surface area contributed by atoms with Crippen molar-refractivity contribution in [1.82, 2.24) is 14.7 Å². The molecule has 1 amide bonds. The van der Waals surface area contributed by atoms with E-state index >= 15 is 0 Å². The fourth-order valence-corrected chi connectivity index (χ4v) is 3.89. The Morgan fingerprint density at radius 1 is 1.15 bits per heavy atom. The molecule has 8 heteroatoms. The quantitative estimate of drug-likeness (QED) is 0.570.